The van der Waals surface area contributed by atoms with Crippen molar-refractivity contribution in [3.8, 4) is 5.75 Å². The van der Waals surface area contributed by atoms with Gasteiger partial charge in [0.25, 0.3) is 0 Å². The van der Waals surface area contributed by atoms with Gasteiger partial charge in [0, 0.05) is 11.7 Å². The van der Waals surface area contributed by atoms with Crippen LogP contribution >= 0.6 is 0 Å². The zero-order valence-corrected chi connectivity index (χ0v) is 13.8. The number of carbonyl (C=O) groups is 2. The second kappa shape index (κ2) is 8.19. The lowest BCUT2D eigenvalue weighted by atomic mass is 10.2. The number of amides is 3. The van der Waals surface area contributed by atoms with Gasteiger partial charge in [-0.05, 0) is 42.7 Å². The van der Waals surface area contributed by atoms with E-state index < -0.39 is 0 Å². The van der Waals surface area contributed by atoms with Crippen LogP contribution in [-0.4, -0.2) is 24.5 Å². The van der Waals surface area contributed by atoms with Crippen molar-refractivity contribution >= 4 is 17.6 Å². The number of nitrogens with one attached hydrogen (secondary N) is 3. The number of rotatable bonds is 7. The summed E-state index contributed by atoms with van der Waals surface area (Å²) in [4.78, 5) is 23.3. The third kappa shape index (κ3) is 5.84. The molecule has 0 atom stereocenters. The smallest absolute Gasteiger partial charge is 0.315 e. The number of carbonyl (C=O) groups excluding carboxylic acids is 2. The molecule has 0 spiro atoms. The first-order valence-electron chi connectivity index (χ1n) is 8.30. The molecule has 6 nitrogen and oxygen atoms in total. The van der Waals surface area contributed by atoms with E-state index in [1.54, 1.807) is 24.3 Å². The molecule has 0 radical (unpaired) electrons. The maximum Gasteiger partial charge on any atom is 0.315 e. The second-order valence-electron chi connectivity index (χ2n) is 5.95. The van der Waals surface area contributed by atoms with E-state index in [1.165, 1.54) is 0 Å². The zero-order chi connectivity index (χ0) is 17.5. The molecule has 3 rings (SSSR count). The van der Waals surface area contributed by atoms with Crippen molar-refractivity contribution < 1.29 is 14.3 Å². The van der Waals surface area contributed by atoms with Crippen LogP contribution in [0.3, 0.4) is 0 Å². The molecule has 0 aliphatic heterocycles. The number of urea groups is 1. The van der Waals surface area contributed by atoms with Crippen LogP contribution in [0.4, 0.5) is 10.5 Å². The van der Waals surface area contributed by atoms with Gasteiger partial charge in [-0.15, -0.1) is 0 Å². The van der Waals surface area contributed by atoms with E-state index in [1.807, 2.05) is 30.3 Å². The van der Waals surface area contributed by atoms with Gasteiger partial charge in [0.05, 0.1) is 6.54 Å². The Balaban J connectivity index is 1.40. The maximum atomic E-state index is 11.8. The van der Waals surface area contributed by atoms with Crippen LogP contribution in [0, 0.1) is 0 Å². The van der Waals surface area contributed by atoms with Crippen LogP contribution in [0.25, 0.3) is 0 Å². The number of ether oxygens (including phenoxy) is 1. The highest BCUT2D eigenvalue weighted by atomic mass is 16.5. The maximum absolute atomic E-state index is 11.8. The molecule has 0 heterocycles. The van der Waals surface area contributed by atoms with Gasteiger partial charge in [0.2, 0.25) is 5.91 Å². The third-order valence-corrected chi connectivity index (χ3v) is 3.71. The molecule has 0 saturated heterocycles. The summed E-state index contributed by atoms with van der Waals surface area (Å²) in [6, 6.07) is 17.0. The second-order valence-corrected chi connectivity index (χ2v) is 5.95. The molecule has 0 bridgehead atoms. The molecule has 0 aromatic heterocycles. The van der Waals surface area contributed by atoms with Gasteiger partial charge in [-0.2, -0.15) is 0 Å². The van der Waals surface area contributed by atoms with Crippen molar-refractivity contribution in [2.24, 2.45) is 0 Å². The van der Waals surface area contributed by atoms with Gasteiger partial charge in [-0.3, -0.25) is 4.79 Å². The quantitative estimate of drug-likeness (QED) is 0.725. The molecule has 2 aromatic rings. The van der Waals surface area contributed by atoms with Crippen LogP contribution in [-0.2, 0) is 11.4 Å². The molecule has 1 aliphatic rings. The Bertz CT molecular complexity index is 712. The summed E-state index contributed by atoms with van der Waals surface area (Å²) in [5, 5.41) is 8.03. The van der Waals surface area contributed by atoms with Crippen molar-refractivity contribution in [3.63, 3.8) is 0 Å². The first-order chi connectivity index (χ1) is 12.2. The van der Waals surface area contributed by atoms with Gasteiger partial charge >= 0.3 is 6.03 Å². The van der Waals surface area contributed by atoms with Crippen LogP contribution < -0.4 is 20.7 Å². The van der Waals surface area contributed by atoms with E-state index in [-0.39, 0.29) is 24.5 Å². The summed E-state index contributed by atoms with van der Waals surface area (Å²) >= 11 is 0. The summed E-state index contributed by atoms with van der Waals surface area (Å²) in [6.45, 7) is 0.428. The molecular formula is C19H21N3O3. The van der Waals surface area contributed by atoms with Crippen molar-refractivity contribution in [2.45, 2.75) is 25.5 Å². The monoisotopic (exact) mass is 339 g/mol. The normalized spacial score (nSPS) is 13.0. The fourth-order valence-electron chi connectivity index (χ4n) is 2.21. The van der Waals surface area contributed by atoms with Gasteiger partial charge in [-0.25, -0.2) is 4.79 Å². The molecule has 1 aliphatic carbocycles. The predicted octanol–water partition coefficient (Wildman–Crippen LogP) is 2.67. The summed E-state index contributed by atoms with van der Waals surface area (Å²) < 4.78 is 5.70. The van der Waals surface area contributed by atoms with E-state index in [0.717, 1.165) is 24.2 Å². The molecule has 1 saturated carbocycles. The van der Waals surface area contributed by atoms with E-state index in [2.05, 4.69) is 16.0 Å². The Morgan fingerprint density at radius 1 is 1.00 bits per heavy atom. The minimum Gasteiger partial charge on any atom is -0.489 e. The lowest BCUT2D eigenvalue weighted by Crippen LogP contribution is -2.40. The van der Waals surface area contributed by atoms with E-state index >= 15 is 0 Å². The molecule has 3 N–H and O–H groups in total. The van der Waals surface area contributed by atoms with Gasteiger partial charge < -0.3 is 20.7 Å². The third-order valence-electron chi connectivity index (χ3n) is 3.71. The minimum atomic E-state index is -0.303. The Morgan fingerprint density at radius 3 is 2.40 bits per heavy atom. The fraction of sp³-hybridized carbons (Fsp3) is 0.263. The molecule has 6 heteroatoms. The molecule has 3 amide bonds. The Labute approximate surface area is 146 Å². The van der Waals surface area contributed by atoms with Crippen LogP contribution in [0.5, 0.6) is 5.75 Å². The first-order valence-corrected chi connectivity index (χ1v) is 8.30. The number of benzene rings is 2. The lowest BCUT2D eigenvalue weighted by molar-refractivity contribution is -0.115. The Morgan fingerprint density at radius 2 is 1.72 bits per heavy atom. The fourth-order valence-corrected chi connectivity index (χ4v) is 2.21. The van der Waals surface area contributed by atoms with Crippen molar-refractivity contribution in [1.82, 2.24) is 10.6 Å². The Kier molecular flexibility index (Phi) is 5.51. The van der Waals surface area contributed by atoms with Crippen LogP contribution in [0.1, 0.15) is 18.4 Å². The van der Waals surface area contributed by atoms with Gasteiger partial charge in [0.1, 0.15) is 12.4 Å². The van der Waals surface area contributed by atoms with Crippen molar-refractivity contribution in [3.05, 3.63) is 60.2 Å². The van der Waals surface area contributed by atoms with Crippen LogP contribution in [0.15, 0.2) is 54.6 Å². The molecular weight excluding hydrogens is 318 g/mol. The van der Waals surface area contributed by atoms with E-state index in [4.69, 9.17) is 4.74 Å². The summed E-state index contributed by atoms with van der Waals surface area (Å²) in [7, 11) is 0. The number of anilines is 1. The van der Waals surface area contributed by atoms with Crippen LogP contribution in [0.2, 0.25) is 0 Å². The number of hydrogen-bond acceptors (Lipinski definition) is 3. The average molecular weight is 339 g/mol. The highest BCUT2D eigenvalue weighted by molar-refractivity contribution is 5.94. The highest BCUT2D eigenvalue weighted by Crippen LogP contribution is 2.18. The summed E-state index contributed by atoms with van der Waals surface area (Å²) in [5.41, 5.74) is 1.75. The molecule has 1 fully saturated rings. The van der Waals surface area contributed by atoms with Crippen molar-refractivity contribution in [1.29, 1.82) is 0 Å². The molecule has 0 unspecified atom stereocenters. The average Bonchev–Trinajstić information content (AvgIpc) is 3.44. The molecule has 130 valence electrons. The van der Waals surface area contributed by atoms with E-state index in [9.17, 15) is 9.59 Å². The van der Waals surface area contributed by atoms with Gasteiger partial charge in [0.15, 0.2) is 0 Å². The molecule has 2 aromatic carbocycles. The number of hydrogen-bond donors (Lipinski definition) is 3. The first kappa shape index (κ1) is 16.8. The molecule has 25 heavy (non-hydrogen) atoms. The highest BCUT2D eigenvalue weighted by Gasteiger charge is 2.23. The minimum absolute atomic E-state index is 0.0647. The summed E-state index contributed by atoms with van der Waals surface area (Å²) in [5.74, 6) is 0.452. The van der Waals surface area contributed by atoms with Gasteiger partial charge in [-0.1, -0.05) is 30.3 Å². The Hall–Kier alpha value is -3.02. The SMILES string of the molecule is O=C(CNC(=O)NC1CC1)Nc1ccc(OCc2ccccc2)cc1. The topological polar surface area (TPSA) is 79.5 Å². The largest absolute Gasteiger partial charge is 0.489 e. The standard InChI is InChI=1S/C19H21N3O3/c23-18(12-20-19(24)22-16-6-7-16)21-15-8-10-17(11-9-15)25-13-14-4-2-1-3-5-14/h1-5,8-11,16H,6-7,12-13H2,(H,21,23)(H2,20,22,24). The van der Waals surface area contributed by atoms with E-state index in [0.29, 0.717) is 12.3 Å². The summed E-state index contributed by atoms with van der Waals surface area (Å²) in [6.07, 6.45) is 2.02. The predicted molar refractivity (Wildman–Crippen MR) is 95.4 cm³/mol. The van der Waals surface area contributed by atoms with Crippen molar-refractivity contribution in [2.75, 3.05) is 11.9 Å². The zero-order valence-electron chi connectivity index (χ0n) is 13.8. The lowest BCUT2D eigenvalue weighted by Gasteiger charge is -2.09.